The Bertz CT molecular complexity index is 1020. The monoisotopic (exact) mass is 408 g/mol. The second kappa shape index (κ2) is 7.58. The molecule has 0 aliphatic carbocycles. The number of rotatable bonds is 6. The van der Waals surface area contributed by atoms with Gasteiger partial charge in [0.1, 0.15) is 12.2 Å². The van der Waals surface area contributed by atoms with Crippen LogP contribution >= 0.6 is 0 Å². The Hall–Kier alpha value is -2.61. The summed E-state index contributed by atoms with van der Waals surface area (Å²) in [5.74, 6) is 0.894. The molecule has 2 N–H and O–H groups in total. The van der Waals surface area contributed by atoms with Crippen molar-refractivity contribution in [3.63, 3.8) is 0 Å². The summed E-state index contributed by atoms with van der Waals surface area (Å²) in [5.41, 5.74) is 1.73. The van der Waals surface area contributed by atoms with E-state index in [4.69, 9.17) is 4.52 Å². The molecule has 7 nitrogen and oxygen atoms in total. The fraction of sp³-hybridized carbons (Fsp3) is 0.435. The van der Waals surface area contributed by atoms with Crippen LogP contribution < -0.4 is 0 Å². The highest BCUT2D eigenvalue weighted by atomic mass is 16.5. The standard InChI is InChI=1S/C23H28N4O3/c1-15(2)16-5-7-18(8-6-16)23(29,22(3)13-27(4)14-22)19-9-17(10-24-11-19)21-25-20(12-28)26-30-21/h5-11,15,28-29H,12-14H2,1-4H3/t23-/m0/s1. The SMILES string of the molecule is CC(C)c1ccc([C@](O)(c2cncc(-c3nc(CO)no3)c2)C2(C)CN(C)C2)cc1. The second-order valence-electron chi connectivity index (χ2n) is 8.86. The van der Waals surface area contributed by atoms with E-state index in [1.54, 1.807) is 12.4 Å². The largest absolute Gasteiger partial charge is 0.388 e. The van der Waals surface area contributed by atoms with Crippen molar-refractivity contribution >= 4 is 0 Å². The zero-order chi connectivity index (χ0) is 21.5. The van der Waals surface area contributed by atoms with Gasteiger partial charge in [-0.2, -0.15) is 4.98 Å². The first-order valence-corrected chi connectivity index (χ1v) is 10.2. The van der Waals surface area contributed by atoms with E-state index in [-0.39, 0.29) is 23.7 Å². The number of likely N-dealkylation sites (tertiary alicyclic amines) is 1. The van der Waals surface area contributed by atoms with E-state index in [9.17, 15) is 10.2 Å². The maximum absolute atomic E-state index is 12.2. The molecule has 0 bridgehead atoms. The van der Waals surface area contributed by atoms with Crippen molar-refractivity contribution in [2.45, 2.75) is 38.9 Å². The average Bonchev–Trinajstić information content (AvgIpc) is 3.21. The zero-order valence-electron chi connectivity index (χ0n) is 17.8. The highest BCUT2D eigenvalue weighted by Crippen LogP contribution is 2.50. The number of aromatic nitrogens is 3. The maximum atomic E-state index is 12.2. The van der Waals surface area contributed by atoms with E-state index in [1.165, 1.54) is 5.56 Å². The Balaban J connectivity index is 1.82. The molecule has 0 radical (unpaired) electrons. The number of aliphatic hydroxyl groups excluding tert-OH is 1. The van der Waals surface area contributed by atoms with Crippen LogP contribution in [-0.4, -0.2) is 50.4 Å². The van der Waals surface area contributed by atoms with Gasteiger partial charge in [-0.1, -0.05) is 50.2 Å². The molecule has 4 rings (SSSR count). The Kier molecular flexibility index (Phi) is 5.22. The van der Waals surface area contributed by atoms with E-state index in [0.717, 1.165) is 18.7 Å². The molecule has 1 aliphatic heterocycles. The predicted molar refractivity (Wildman–Crippen MR) is 113 cm³/mol. The number of pyridine rings is 1. The summed E-state index contributed by atoms with van der Waals surface area (Å²) in [6.07, 6.45) is 3.32. The van der Waals surface area contributed by atoms with Gasteiger partial charge in [0.25, 0.3) is 5.89 Å². The summed E-state index contributed by atoms with van der Waals surface area (Å²) in [6, 6.07) is 10.0. The van der Waals surface area contributed by atoms with Crippen LogP contribution in [0.4, 0.5) is 0 Å². The van der Waals surface area contributed by atoms with Crippen molar-refractivity contribution < 1.29 is 14.7 Å². The van der Waals surface area contributed by atoms with Gasteiger partial charge in [0.15, 0.2) is 5.82 Å². The summed E-state index contributed by atoms with van der Waals surface area (Å²) < 4.78 is 5.25. The lowest BCUT2D eigenvalue weighted by atomic mass is 9.62. The molecule has 0 unspecified atom stereocenters. The summed E-state index contributed by atoms with van der Waals surface area (Å²) in [7, 11) is 2.05. The number of nitrogens with zero attached hydrogens (tertiary/aromatic N) is 4. The summed E-state index contributed by atoms with van der Waals surface area (Å²) >= 11 is 0. The molecule has 0 saturated carbocycles. The minimum Gasteiger partial charge on any atom is -0.388 e. The molecule has 30 heavy (non-hydrogen) atoms. The van der Waals surface area contributed by atoms with Gasteiger partial charge in [-0.05, 0) is 30.2 Å². The van der Waals surface area contributed by atoms with Crippen molar-refractivity contribution in [2.75, 3.05) is 20.1 Å². The normalized spacial score (nSPS) is 18.2. The van der Waals surface area contributed by atoms with Crippen molar-refractivity contribution in [2.24, 2.45) is 5.41 Å². The Morgan fingerprint density at radius 2 is 1.87 bits per heavy atom. The Morgan fingerprint density at radius 1 is 1.17 bits per heavy atom. The van der Waals surface area contributed by atoms with Gasteiger partial charge < -0.3 is 19.6 Å². The highest BCUT2D eigenvalue weighted by Gasteiger charge is 2.55. The zero-order valence-corrected chi connectivity index (χ0v) is 17.8. The predicted octanol–water partition coefficient (Wildman–Crippen LogP) is 2.93. The topological polar surface area (TPSA) is 95.5 Å². The molecule has 7 heteroatoms. The number of aliphatic hydroxyl groups is 2. The minimum atomic E-state index is -1.24. The molecule has 2 aromatic heterocycles. The third-order valence-electron chi connectivity index (χ3n) is 6.12. The first kappa shape index (κ1) is 20.7. The third-order valence-corrected chi connectivity index (χ3v) is 6.12. The van der Waals surface area contributed by atoms with Crippen LogP contribution in [0, 0.1) is 5.41 Å². The van der Waals surface area contributed by atoms with Gasteiger partial charge >= 0.3 is 0 Å². The van der Waals surface area contributed by atoms with Gasteiger partial charge in [-0.25, -0.2) is 0 Å². The van der Waals surface area contributed by atoms with Crippen LogP contribution in [0.1, 0.15) is 49.2 Å². The van der Waals surface area contributed by atoms with Gasteiger partial charge in [0.2, 0.25) is 0 Å². The summed E-state index contributed by atoms with van der Waals surface area (Å²) in [6.45, 7) is 7.63. The van der Waals surface area contributed by atoms with Gasteiger partial charge in [0, 0.05) is 36.5 Å². The van der Waals surface area contributed by atoms with Crippen LogP contribution in [-0.2, 0) is 12.2 Å². The lowest BCUT2D eigenvalue weighted by Crippen LogP contribution is -2.63. The van der Waals surface area contributed by atoms with E-state index >= 15 is 0 Å². The molecule has 1 atom stereocenters. The maximum Gasteiger partial charge on any atom is 0.259 e. The summed E-state index contributed by atoms with van der Waals surface area (Å²) in [5, 5.41) is 25.2. The second-order valence-corrected chi connectivity index (χ2v) is 8.86. The fourth-order valence-corrected chi connectivity index (χ4v) is 4.54. The lowest BCUT2D eigenvalue weighted by molar-refractivity contribution is -0.127. The van der Waals surface area contributed by atoms with E-state index < -0.39 is 5.60 Å². The molecular weight excluding hydrogens is 380 g/mol. The molecule has 3 heterocycles. The van der Waals surface area contributed by atoms with Gasteiger partial charge in [0.05, 0.1) is 5.56 Å². The third kappa shape index (κ3) is 3.33. The molecule has 158 valence electrons. The van der Waals surface area contributed by atoms with Crippen molar-refractivity contribution in [3.05, 3.63) is 65.2 Å². The number of benzene rings is 1. The molecule has 3 aromatic rings. The van der Waals surface area contributed by atoms with Crippen LogP contribution in [0.3, 0.4) is 0 Å². The van der Waals surface area contributed by atoms with E-state index in [2.05, 4.69) is 52.9 Å². The Labute approximate surface area is 176 Å². The molecule has 0 amide bonds. The minimum absolute atomic E-state index is 0.211. The van der Waals surface area contributed by atoms with Crippen molar-refractivity contribution in [1.82, 2.24) is 20.0 Å². The number of hydrogen-bond acceptors (Lipinski definition) is 7. The van der Waals surface area contributed by atoms with Crippen LogP contribution in [0.15, 0.2) is 47.2 Å². The number of hydrogen-bond donors (Lipinski definition) is 2. The van der Waals surface area contributed by atoms with Crippen LogP contribution in [0.2, 0.25) is 0 Å². The first-order chi connectivity index (χ1) is 14.3. The molecule has 1 aromatic carbocycles. The quantitative estimate of drug-likeness (QED) is 0.647. The first-order valence-electron chi connectivity index (χ1n) is 10.2. The Morgan fingerprint density at radius 3 is 2.43 bits per heavy atom. The smallest absolute Gasteiger partial charge is 0.259 e. The lowest BCUT2D eigenvalue weighted by Gasteiger charge is -2.55. The molecule has 1 saturated heterocycles. The van der Waals surface area contributed by atoms with Crippen LogP contribution in [0.25, 0.3) is 11.5 Å². The van der Waals surface area contributed by atoms with Crippen molar-refractivity contribution in [3.8, 4) is 11.5 Å². The fourth-order valence-electron chi connectivity index (χ4n) is 4.54. The molecule has 1 aliphatic rings. The highest BCUT2D eigenvalue weighted by molar-refractivity contribution is 5.55. The molecular formula is C23H28N4O3. The van der Waals surface area contributed by atoms with Crippen LogP contribution in [0.5, 0.6) is 0 Å². The van der Waals surface area contributed by atoms with Gasteiger partial charge in [-0.3, -0.25) is 4.98 Å². The van der Waals surface area contributed by atoms with E-state index in [1.807, 2.05) is 25.2 Å². The molecule has 0 spiro atoms. The van der Waals surface area contributed by atoms with Gasteiger partial charge in [-0.15, -0.1) is 0 Å². The average molecular weight is 409 g/mol. The molecule has 1 fully saturated rings. The van der Waals surface area contributed by atoms with Crippen molar-refractivity contribution in [1.29, 1.82) is 0 Å². The summed E-state index contributed by atoms with van der Waals surface area (Å²) in [4.78, 5) is 10.7. The van der Waals surface area contributed by atoms with E-state index in [0.29, 0.717) is 17.0 Å².